The molecule has 4 amide bonds. The molecule has 0 rings (SSSR count). The van der Waals surface area contributed by atoms with Crippen LogP contribution in [0.4, 0.5) is 9.59 Å². The molecule has 0 aromatic rings. The predicted octanol–water partition coefficient (Wildman–Crippen LogP) is 1.14. The number of carbonyl (C=O) groups excluding carboxylic acids is 2. The van der Waals surface area contributed by atoms with Crippen LogP contribution in [0.2, 0.25) is 0 Å². The van der Waals surface area contributed by atoms with Gasteiger partial charge in [0.2, 0.25) is 0 Å². The van der Waals surface area contributed by atoms with Crippen molar-refractivity contribution in [3.63, 3.8) is 0 Å². The number of rotatable bonds is 8. The van der Waals surface area contributed by atoms with E-state index in [0.29, 0.717) is 19.6 Å². The lowest BCUT2D eigenvalue weighted by molar-refractivity contribution is 0.217. The second-order valence-corrected chi connectivity index (χ2v) is 4.33. The van der Waals surface area contributed by atoms with Gasteiger partial charge in [-0.25, -0.2) is 9.59 Å². The van der Waals surface area contributed by atoms with Crippen LogP contribution in [0.1, 0.15) is 32.6 Å². The topological polar surface area (TPSA) is 73.5 Å². The summed E-state index contributed by atoms with van der Waals surface area (Å²) in [6.45, 7) is 3.95. The Morgan fingerprint density at radius 1 is 0.889 bits per heavy atom. The summed E-state index contributed by atoms with van der Waals surface area (Å²) in [7, 11) is 3.45. The van der Waals surface area contributed by atoms with Crippen molar-refractivity contribution in [1.29, 1.82) is 0 Å². The molecule has 6 heteroatoms. The maximum Gasteiger partial charge on any atom is 0.316 e. The average molecular weight is 258 g/mol. The zero-order valence-electron chi connectivity index (χ0n) is 11.7. The molecule has 0 aromatic heterocycles. The number of hydrogen-bond donors (Lipinski definition) is 3. The fourth-order valence-electron chi connectivity index (χ4n) is 1.38. The van der Waals surface area contributed by atoms with Gasteiger partial charge in [-0.3, -0.25) is 0 Å². The highest BCUT2D eigenvalue weighted by Gasteiger charge is 2.00. The largest absolute Gasteiger partial charge is 0.338 e. The van der Waals surface area contributed by atoms with Crippen LogP contribution in [0.15, 0.2) is 0 Å². The molecule has 0 atom stereocenters. The van der Waals surface area contributed by atoms with Crippen molar-refractivity contribution in [2.75, 3.05) is 33.7 Å². The Morgan fingerprint density at radius 2 is 1.44 bits per heavy atom. The summed E-state index contributed by atoms with van der Waals surface area (Å²) in [5.41, 5.74) is 0. The standard InChI is InChI=1S/C12H26N4O2/c1-4-13-11(17)14-9-7-5-6-8-10-15-12(18)16(2)3/h4-10H2,1-3H3,(H,15,18)(H2,13,14,17). The molecule has 0 saturated carbocycles. The maximum absolute atomic E-state index is 11.2. The van der Waals surface area contributed by atoms with Gasteiger partial charge in [-0.05, 0) is 19.8 Å². The second kappa shape index (κ2) is 10.7. The molecular formula is C12H26N4O2. The molecule has 0 aliphatic carbocycles. The zero-order valence-corrected chi connectivity index (χ0v) is 11.7. The minimum Gasteiger partial charge on any atom is -0.338 e. The summed E-state index contributed by atoms with van der Waals surface area (Å²) < 4.78 is 0. The Morgan fingerprint density at radius 3 is 1.94 bits per heavy atom. The third-order valence-corrected chi connectivity index (χ3v) is 2.41. The van der Waals surface area contributed by atoms with Crippen molar-refractivity contribution in [1.82, 2.24) is 20.9 Å². The Hall–Kier alpha value is -1.46. The van der Waals surface area contributed by atoms with Crippen molar-refractivity contribution in [2.45, 2.75) is 32.6 Å². The summed E-state index contributed by atoms with van der Waals surface area (Å²) in [6, 6.07) is -0.149. The highest BCUT2D eigenvalue weighted by molar-refractivity contribution is 5.73. The number of urea groups is 2. The van der Waals surface area contributed by atoms with Crippen molar-refractivity contribution in [3.8, 4) is 0 Å². The van der Waals surface area contributed by atoms with Crippen LogP contribution in [0.5, 0.6) is 0 Å². The normalized spacial score (nSPS) is 9.72. The number of hydrogen-bond acceptors (Lipinski definition) is 2. The van der Waals surface area contributed by atoms with Gasteiger partial charge in [0.05, 0.1) is 0 Å². The van der Waals surface area contributed by atoms with E-state index in [9.17, 15) is 9.59 Å². The monoisotopic (exact) mass is 258 g/mol. The lowest BCUT2D eigenvalue weighted by atomic mass is 10.2. The van der Waals surface area contributed by atoms with Gasteiger partial charge in [0.25, 0.3) is 0 Å². The molecule has 0 spiro atoms. The number of unbranched alkanes of at least 4 members (excludes halogenated alkanes) is 3. The van der Waals surface area contributed by atoms with Crippen LogP contribution >= 0.6 is 0 Å². The molecular weight excluding hydrogens is 232 g/mol. The van der Waals surface area contributed by atoms with Gasteiger partial charge in [-0.1, -0.05) is 12.8 Å². The third kappa shape index (κ3) is 9.74. The number of carbonyl (C=O) groups is 2. The quantitative estimate of drug-likeness (QED) is 0.571. The Balaban J connectivity index is 3.21. The molecule has 0 fully saturated rings. The molecule has 0 heterocycles. The van der Waals surface area contributed by atoms with E-state index in [4.69, 9.17) is 0 Å². The smallest absolute Gasteiger partial charge is 0.316 e. The molecule has 6 nitrogen and oxygen atoms in total. The SMILES string of the molecule is CCNC(=O)NCCCCCCNC(=O)N(C)C. The van der Waals surface area contributed by atoms with Crippen molar-refractivity contribution >= 4 is 12.1 Å². The van der Waals surface area contributed by atoms with E-state index in [-0.39, 0.29) is 12.1 Å². The lowest BCUT2D eigenvalue weighted by Crippen LogP contribution is -2.35. The van der Waals surface area contributed by atoms with E-state index in [1.165, 1.54) is 4.90 Å². The van der Waals surface area contributed by atoms with E-state index in [2.05, 4.69) is 16.0 Å². The summed E-state index contributed by atoms with van der Waals surface area (Å²) >= 11 is 0. The first-order valence-corrected chi connectivity index (χ1v) is 6.54. The maximum atomic E-state index is 11.2. The van der Waals surface area contributed by atoms with Crippen LogP contribution in [0, 0.1) is 0 Å². The number of amides is 4. The lowest BCUT2D eigenvalue weighted by Gasteiger charge is -2.11. The molecule has 18 heavy (non-hydrogen) atoms. The average Bonchev–Trinajstić information content (AvgIpc) is 2.32. The van der Waals surface area contributed by atoms with Crippen molar-refractivity contribution in [3.05, 3.63) is 0 Å². The van der Waals surface area contributed by atoms with Crippen LogP contribution in [0.3, 0.4) is 0 Å². The van der Waals surface area contributed by atoms with Crippen molar-refractivity contribution < 1.29 is 9.59 Å². The van der Waals surface area contributed by atoms with E-state index < -0.39 is 0 Å². The van der Waals surface area contributed by atoms with E-state index in [1.54, 1.807) is 14.1 Å². The Labute approximate surface area is 109 Å². The minimum absolute atomic E-state index is 0.0482. The summed E-state index contributed by atoms with van der Waals surface area (Å²) in [5.74, 6) is 0. The van der Waals surface area contributed by atoms with Gasteiger partial charge in [-0.2, -0.15) is 0 Å². The second-order valence-electron chi connectivity index (χ2n) is 4.33. The molecule has 106 valence electrons. The van der Waals surface area contributed by atoms with Gasteiger partial charge < -0.3 is 20.9 Å². The molecule has 0 aliphatic heterocycles. The Kier molecular flexibility index (Phi) is 9.81. The van der Waals surface area contributed by atoms with Crippen molar-refractivity contribution in [2.24, 2.45) is 0 Å². The molecule has 0 aromatic carbocycles. The molecule has 0 unspecified atom stereocenters. The van der Waals surface area contributed by atoms with Gasteiger partial charge in [-0.15, -0.1) is 0 Å². The van der Waals surface area contributed by atoms with E-state index in [0.717, 1.165) is 25.7 Å². The zero-order chi connectivity index (χ0) is 13.8. The van der Waals surface area contributed by atoms with Gasteiger partial charge in [0.15, 0.2) is 0 Å². The summed E-state index contributed by atoms with van der Waals surface area (Å²) in [6.07, 6.45) is 4.06. The first kappa shape index (κ1) is 16.5. The Bertz CT molecular complexity index is 244. The van der Waals surface area contributed by atoms with Gasteiger partial charge >= 0.3 is 12.1 Å². The fourth-order valence-corrected chi connectivity index (χ4v) is 1.38. The highest BCUT2D eigenvalue weighted by atomic mass is 16.2. The van der Waals surface area contributed by atoms with Gasteiger partial charge in [0.1, 0.15) is 0 Å². The van der Waals surface area contributed by atoms with E-state index in [1.807, 2.05) is 6.92 Å². The highest BCUT2D eigenvalue weighted by Crippen LogP contribution is 1.97. The third-order valence-electron chi connectivity index (χ3n) is 2.41. The predicted molar refractivity (Wildman–Crippen MR) is 72.6 cm³/mol. The summed E-state index contributed by atoms with van der Waals surface area (Å²) in [5, 5.41) is 8.27. The number of nitrogens with one attached hydrogen (secondary N) is 3. The van der Waals surface area contributed by atoms with Crippen LogP contribution in [-0.4, -0.2) is 50.7 Å². The molecule has 0 saturated heterocycles. The van der Waals surface area contributed by atoms with Crippen LogP contribution in [-0.2, 0) is 0 Å². The van der Waals surface area contributed by atoms with Gasteiger partial charge in [0, 0.05) is 33.7 Å². The first-order valence-electron chi connectivity index (χ1n) is 6.54. The molecule has 3 N–H and O–H groups in total. The van der Waals surface area contributed by atoms with Crippen LogP contribution in [0.25, 0.3) is 0 Å². The van der Waals surface area contributed by atoms with Crippen LogP contribution < -0.4 is 16.0 Å². The minimum atomic E-state index is -0.101. The fraction of sp³-hybridized carbons (Fsp3) is 0.833. The molecule has 0 aliphatic rings. The first-order chi connectivity index (χ1) is 8.57. The molecule has 0 radical (unpaired) electrons. The molecule has 0 bridgehead atoms. The summed E-state index contributed by atoms with van der Waals surface area (Å²) in [4.78, 5) is 23.7. The van der Waals surface area contributed by atoms with E-state index >= 15 is 0 Å². The number of nitrogens with zero attached hydrogens (tertiary/aromatic N) is 1.